The average molecular weight is 510 g/mol. The molecule has 0 atom stereocenters. The number of amides is 1. The molecule has 1 aliphatic heterocycles. The molecule has 0 unspecified atom stereocenters. The lowest BCUT2D eigenvalue weighted by atomic mass is 10.2. The molecule has 0 saturated carbocycles. The number of anilines is 2. The monoisotopic (exact) mass is 509 g/mol. The predicted octanol–water partition coefficient (Wildman–Crippen LogP) is 3.05. The van der Waals surface area contributed by atoms with E-state index in [0.717, 1.165) is 36.2 Å². The number of hydrogen-bond donors (Lipinski definition) is 1. The highest BCUT2D eigenvalue weighted by atomic mass is 32.2. The molecule has 0 aliphatic carbocycles. The number of benzene rings is 2. The first-order valence-electron chi connectivity index (χ1n) is 11.2. The molecular formula is C23H31N3O6S2. The maximum absolute atomic E-state index is 12.8. The van der Waals surface area contributed by atoms with Crippen LogP contribution < -0.4 is 14.4 Å². The smallest absolute Gasteiger partial charge is 0.245 e. The molecular weight excluding hydrogens is 478 g/mol. The fourth-order valence-electron chi connectivity index (χ4n) is 3.62. The summed E-state index contributed by atoms with van der Waals surface area (Å²) in [6, 6.07) is 12.4. The molecule has 1 saturated heterocycles. The second-order valence-corrected chi connectivity index (χ2v) is 12.0. The van der Waals surface area contributed by atoms with Gasteiger partial charge in [-0.3, -0.25) is 9.10 Å². The van der Waals surface area contributed by atoms with Crippen molar-refractivity contribution in [1.29, 1.82) is 0 Å². The zero-order chi connectivity index (χ0) is 24.8. The number of piperidine rings is 1. The van der Waals surface area contributed by atoms with Crippen molar-refractivity contribution in [3.05, 3.63) is 48.5 Å². The molecule has 0 spiro atoms. The Balaban J connectivity index is 1.67. The SMILES string of the molecule is CCCOc1ccc(N(CC(=O)Nc2ccc(S(=O)(=O)N3CCCCC3)cc2)S(C)(=O)=O)cc1. The molecule has 1 aliphatic rings. The summed E-state index contributed by atoms with van der Waals surface area (Å²) in [6.45, 7) is 3.12. The van der Waals surface area contributed by atoms with E-state index in [4.69, 9.17) is 4.74 Å². The molecule has 2 aromatic carbocycles. The quantitative estimate of drug-likeness (QED) is 0.527. The van der Waals surface area contributed by atoms with Gasteiger partial charge in [-0.05, 0) is 67.8 Å². The Labute approximate surface area is 201 Å². The van der Waals surface area contributed by atoms with Gasteiger partial charge in [0.25, 0.3) is 0 Å². The predicted molar refractivity (Wildman–Crippen MR) is 132 cm³/mol. The van der Waals surface area contributed by atoms with Crippen LogP contribution in [0.3, 0.4) is 0 Å². The lowest BCUT2D eigenvalue weighted by molar-refractivity contribution is -0.114. The molecule has 34 heavy (non-hydrogen) atoms. The van der Waals surface area contributed by atoms with E-state index < -0.39 is 32.5 Å². The molecule has 0 bridgehead atoms. The Kier molecular flexibility index (Phi) is 8.56. The van der Waals surface area contributed by atoms with Crippen molar-refractivity contribution >= 4 is 37.3 Å². The fourth-order valence-corrected chi connectivity index (χ4v) is 6.00. The van der Waals surface area contributed by atoms with E-state index >= 15 is 0 Å². The molecule has 1 fully saturated rings. The van der Waals surface area contributed by atoms with Crippen molar-refractivity contribution in [1.82, 2.24) is 4.31 Å². The van der Waals surface area contributed by atoms with Gasteiger partial charge in [0.05, 0.1) is 23.4 Å². The standard InChI is InChI=1S/C23H31N3O6S2/c1-3-17-32-21-11-9-20(10-12-21)26(33(2,28)29)18-23(27)24-19-7-13-22(14-8-19)34(30,31)25-15-5-4-6-16-25/h7-14H,3-6,15-18H2,1-2H3,(H,24,27). The van der Waals surface area contributed by atoms with Gasteiger partial charge in [-0.15, -0.1) is 0 Å². The van der Waals surface area contributed by atoms with Gasteiger partial charge in [-0.25, -0.2) is 16.8 Å². The summed E-state index contributed by atoms with van der Waals surface area (Å²) >= 11 is 0. The molecule has 3 rings (SSSR count). The van der Waals surface area contributed by atoms with Crippen LogP contribution in [0.25, 0.3) is 0 Å². The van der Waals surface area contributed by atoms with Crippen molar-refractivity contribution in [3.63, 3.8) is 0 Å². The van der Waals surface area contributed by atoms with Crippen LogP contribution in [0.1, 0.15) is 32.6 Å². The van der Waals surface area contributed by atoms with Crippen molar-refractivity contribution in [2.24, 2.45) is 0 Å². The molecule has 1 heterocycles. The van der Waals surface area contributed by atoms with Gasteiger partial charge >= 0.3 is 0 Å². The van der Waals surface area contributed by atoms with Gasteiger partial charge in [0.15, 0.2) is 0 Å². The number of nitrogens with zero attached hydrogens (tertiary/aromatic N) is 2. The Morgan fingerprint density at radius 3 is 2.15 bits per heavy atom. The average Bonchev–Trinajstić information content (AvgIpc) is 2.82. The largest absolute Gasteiger partial charge is 0.494 e. The van der Waals surface area contributed by atoms with E-state index in [2.05, 4.69) is 5.32 Å². The van der Waals surface area contributed by atoms with Crippen LogP contribution in [-0.2, 0) is 24.8 Å². The zero-order valence-corrected chi connectivity index (χ0v) is 21.1. The summed E-state index contributed by atoms with van der Waals surface area (Å²) in [5, 5.41) is 2.63. The number of sulfonamides is 2. The van der Waals surface area contributed by atoms with Gasteiger partial charge in [-0.1, -0.05) is 13.3 Å². The van der Waals surface area contributed by atoms with Gasteiger partial charge in [0, 0.05) is 18.8 Å². The summed E-state index contributed by atoms with van der Waals surface area (Å²) in [6.07, 6.45) is 4.60. The van der Waals surface area contributed by atoms with Crippen LogP contribution in [0, 0.1) is 0 Å². The zero-order valence-electron chi connectivity index (χ0n) is 19.4. The Bertz CT molecular complexity index is 1170. The minimum absolute atomic E-state index is 0.163. The fraction of sp³-hybridized carbons (Fsp3) is 0.435. The van der Waals surface area contributed by atoms with E-state index in [-0.39, 0.29) is 4.90 Å². The van der Waals surface area contributed by atoms with Crippen molar-refractivity contribution < 1.29 is 26.4 Å². The summed E-state index contributed by atoms with van der Waals surface area (Å²) < 4.78 is 58.2. The molecule has 2 aromatic rings. The van der Waals surface area contributed by atoms with Gasteiger partial charge in [0.1, 0.15) is 12.3 Å². The maximum atomic E-state index is 12.8. The Morgan fingerprint density at radius 1 is 0.971 bits per heavy atom. The first kappa shape index (κ1) is 26.0. The lowest BCUT2D eigenvalue weighted by Crippen LogP contribution is -2.37. The number of rotatable bonds is 10. The van der Waals surface area contributed by atoms with E-state index in [1.807, 2.05) is 6.92 Å². The second kappa shape index (κ2) is 11.2. The van der Waals surface area contributed by atoms with Crippen LogP contribution in [0.2, 0.25) is 0 Å². The maximum Gasteiger partial charge on any atom is 0.245 e. The van der Waals surface area contributed by atoms with Crippen LogP contribution in [0.4, 0.5) is 11.4 Å². The number of nitrogens with one attached hydrogen (secondary N) is 1. The number of carbonyl (C=O) groups excluding carboxylic acids is 1. The van der Waals surface area contributed by atoms with E-state index in [1.54, 1.807) is 24.3 Å². The van der Waals surface area contributed by atoms with E-state index in [0.29, 0.717) is 36.8 Å². The lowest BCUT2D eigenvalue weighted by Gasteiger charge is -2.26. The highest BCUT2D eigenvalue weighted by molar-refractivity contribution is 7.92. The van der Waals surface area contributed by atoms with Gasteiger partial charge < -0.3 is 10.1 Å². The Morgan fingerprint density at radius 2 is 1.59 bits per heavy atom. The molecule has 0 radical (unpaired) electrons. The summed E-state index contributed by atoms with van der Waals surface area (Å²) in [7, 11) is -7.30. The third kappa shape index (κ3) is 6.71. The van der Waals surface area contributed by atoms with Gasteiger partial charge in [-0.2, -0.15) is 4.31 Å². The van der Waals surface area contributed by atoms with Crippen LogP contribution in [0.5, 0.6) is 5.75 Å². The molecule has 0 aromatic heterocycles. The highest BCUT2D eigenvalue weighted by Crippen LogP contribution is 2.24. The number of hydrogen-bond acceptors (Lipinski definition) is 6. The molecule has 9 nitrogen and oxygen atoms in total. The Hall–Kier alpha value is -2.63. The first-order valence-corrected chi connectivity index (χ1v) is 14.5. The van der Waals surface area contributed by atoms with Crippen LogP contribution >= 0.6 is 0 Å². The van der Waals surface area contributed by atoms with Crippen molar-refractivity contribution in [2.75, 3.05) is 42.1 Å². The number of ether oxygens (including phenoxy) is 1. The van der Waals surface area contributed by atoms with Crippen molar-refractivity contribution in [2.45, 2.75) is 37.5 Å². The molecule has 11 heteroatoms. The van der Waals surface area contributed by atoms with Gasteiger partial charge in [0.2, 0.25) is 26.0 Å². The third-order valence-corrected chi connectivity index (χ3v) is 8.43. The molecule has 186 valence electrons. The number of carbonyl (C=O) groups is 1. The van der Waals surface area contributed by atoms with Crippen LogP contribution in [-0.4, -0.2) is 59.5 Å². The normalized spacial score (nSPS) is 15.0. The first-order chi connectivity index (χ1) is 16.1. The topological polar surface area (TPSA) is 113 Å². The second-order valence-electron chi connectivity index (χ2n) is 8.15. The summed E-state index contributed by atoms with van der Waals surface area (Å²) in [5.74, 6) is 0.0615. The highest BCUT2D eigenvalue weighted by Gasteiger charge is 2.26. The minimum Gasteiger partial charge on any atom is -0.494 e. The molecule has 1 amide bonds. The third-order valence-electron chi connectivity index (χ3n) is 5.38. The van der Waals surface area contributed by atoms with E-state index in [1.165, 1.54) is 28.6 Å². The van der Waals surface area contributed by atoms with Crippen molar-refractivity contribution in [3.8, 4) is 5.75 Å². The van der Waals surface area contributed by atoms with E-state index in [9.17, 15) is 21.6 Å². The van der Waals surface area contributed by atoms with Crippen LogP contribution in [0.15, 0.2) is 53.4 Å². The summed E-state index contributed by atoms with van der Waals surface area (Å²) in [4.78, 5) is 12.8. The minimum atomic E-state index is -3.73. The molecule has 1 N–H and O–H groups in total. The summed E-state index contributed by atoms with van der Waals surface area (Å²) in [5.41, 5.74) is 0.712.